The molecule has 1 N–H and O–H groups in total. The number of piperidine rings is 1. The summed E-state index contributed by atoms with van der Waals surface area (Å²) in [6, 6.07) is 2.31. The second kappa shape index (κ2) is 10.4. The van der Waals surface area contributed by atoms with Crippen molar-refractivity contribution in [2.45, 2.75) is 30.5 Å². The van der Waals surface area contributed by atoms with Crippen LogP contribution in [-0.2, 0) is 4.79 Å². The number of likely N-dealkylation sites (tertiary alicyclic amines) is 1. The molecule has 2 aliphatic rings. The van der Waals surface area contributed by atoms with E-state index in [0.717, 1.165) is 58.5 Å². The summed E-state index contributed by atoms with van der Waals surface area (Å²) in [5, 5.41) is 9.94. The highest BCUT2D eigenvalue weighted by Gasteiger charge is 2.35. The lowest BCUT2D eigenvalue weighted by Gasteiger charge is -2.46. The van der Waals surface area contributed by atoms with Crippen LogP contribution in [0.5, 0.6) is 0 Å². The van der Waals surface area contributed by atoms with Gasteiger partial charge in [-0.3, -0.25) is 9.69 Å². The van der Waals surface area contributed by atoms with Crippen molar-refractivity contribution < 1.29 is 9.90 Å². The highest BCUT2D eigenvalue weighted by molar-refractivity contribution is 7.99. The van der Waals surface area contributed by atoms with Gasteiger partial charge >= 0.3 is 0 Å². The first-order valence-electron chi connectivity index (χ1n) is 9.88. The molecule has 0 aromatic carbocycles. The van der Waals surface area contributed by atoms with Crippen molar-refractivity contribution in [3.8, 4) is 0 Å². The molecule has 3 heterocycles. The molecule has 0 bridgehead atoms. The van der Waals surface area contributed by atoms with Crippen LogP contribution in [0.2, 0.25) is 0 Å². The van der Waals surface area contributed by atoms with Gasteiger partial charge in [0.15, 0.2) is 5.16 Å². The van der Waals surface area contributed by atoms with E-state index in [-0.39, 0.29) is 12.5 Å². The largest absolute Gasteiger partial charge is 0.396 e. The molecule has 150 valence electrons. The minimum atomic E-state index is 0.165. The number of piperazine rings is 1. The van der Waals surface area contributed by atoms with Crippen molar-refractivity contribution in [1.29, 1.82) is 0 Å². The molecule has 8 heteroatoms. The zero-order valence-electron chi connectivity index (χ0n) is 16.2. The minimum absolute atomic E-state index is 0.165. The standard InChI is InChI=1S/C19H31N5O2S/c1-22-9-11-23(12-10-22)17-5-8-24(14-16(17)4-2-13-25)18(26)15-27-19-20-6-3-7-21-19/h3,6-7,16-17,25H,2,4-5,8-15H2,1H3/t16-,17+/m1/s1. The fourth-order valence-corrected chi connectivity index (χ4v) is 4.80. The molecule has 0 spiro atoms. The smallest absolute Gasteiger partial charge is 0.233 e. The van der Waals surface area contributed by atoms with Gasteiger partial charge in [0.05, 0.1) is 5.75 Å². The number of aromatic nitrogens is 2. The van der Waals surface area contributed by atoms with E-state index in [1.165, 1.54) is 11.8 Å². The van der Waals surface area contributed by atoms with Crippen molar-refractivity contribution in [2.24, 2.45) is 5.92 Å². The first-order chi connectivity index (χ1) is 13.2. The van der Waals surface area contributed by atoms with Crippen LogP contribution in [0.15, 0.2) is 23.6 Å². The SMILES string of the molecule is CN1CCN([C@H]2CCN(C(=O)CSc3ncccn3)C[C@H]2CCCO)CC1. The maximum absolute atomic E-state index is 12.7. The number of hydrogen-bond acceptors (Lipinski definition) is 7. The van der Waals surface area contributed by atoms with Crippen LogP contribution in [0.3, 0.4) is 0 Å². The Labute approximate surface area is 166 Å². The number of thioether (sulfide) groups is 1. The Morgan fingerprint density at radius 1 is 1.22 bits per heavy atom. The third-order valence-corrected chi connectivity index (χ3v) is 6.51. The van der Waals surface area contributed by atoms with Gasteiger partial charge < -0.3 is 14.9 Å². The molecule has 0 saturated carbocycles. The van der Waals surface area contributed by atoms with Gasteiger partial charge in [0.1, 0.15) is 0 Å². The van der Waals surface area contributed by atoms with Gasteiger partial charge in [0.2, 0.25) is 5.91 Å². The maximum Gasteiger partial charge on any atom is 0.233 e. The second-order valence-corrected chi connectivity index (χ2v) is 8.42. The van der Waals surface area contributed by atoms with Gasteiger partial charge in [-0.25, -0.2) is 9.97 Å². The topological polar surface area (TPSA) is 72.8 Å². The predicted octanol–water partition coefficient (Wildman–Crippen LogP) is 0.806. The number of rotatable bonds is 7. The molecule has 0 unspecified atom stereocenters. The lowest BCUT2D eigenvalue weighted by Crippen LogP contribution is -2.57. The lowest BCUT2D eigenvalue weighted by atomic mass is 9.86. The normalized spacial score (nSPS) is 24.9. The van der Waals surface area contributed by atoms with E-state index in [9.17, 15) is 9.90 Å². The summed E-state index contributed by atoms with van der Waals surface area (Å²) >= 11 is 1.40. The fraction of sp³-hybridized carbons (Fsp3) is 0.737. The Balaban J connectivity index is 1.55. The Bertz CT molecular complexity index is 583. The summed E-state index contributed by atoms with van der Waals surface area (Å²) in [5.41, 5.74) is 0. The number of likely N-dealkylation sites (N-methyl/N-ethyl adjacent to an activating group) is 1. The molecule has 0 radical (unpaired) electrons. The number of amides is 1. The molecular formula is C19H31N5O2S. The Kier molecular flexibility index (Phi) is 7.87. The summed E-state index contributed by atoms with van der Waals surface area (Å²) in [6.07, 6.45) is 6.21. The monoisotopic (exact) mass is 393 g/mol. The lowest BCUT2D eigenvalue weighted by molar-refractivity contribution is -0.131. The minimum Gasteiger partial charge on any atom is -0.396 e. The number of nitrogens with zero attached hydrogens (tertiary/aromatic N) is 5. The molecule has 7 nitrogen and oxygen atoms in total. The van der Waals surface area contributed by atoms with Crippen LogP contribution >= 0.6 is 11.8 Å². The quantitative estimate of drug-likeness (QED) is 0.543. The molecule has 27 heavy (non-hydrogen) atoms. The van der Waals surface area contributed by atoms with Crippen LogP contribution in [0.25, 0.3) is 0 Å². The molecule has 2 saturated heterocycles. The third-order valence-electron chi connectivity index (χ3n) is 5.65. The van der Waals surface area contributed by atoms with E-state index in [0.29, 0.717) is 22.9 Å². The molecule has 3 rings (SSSR count). The highest BCUT2D eigenvalue weighted by atomic mass is 32.2. The molecule has 1 amide bonds. The summed E-state index contributed by atoms with van der Waals surface area (Å²) in [6.45, 7) is 6.27. The first kappa shape index (κ1) is 20.5. The number of hydrogen-bond donors (Lipinski definition) is 1. The van der Waals surface area contributed by atoms with Crippen molar-refractivity contribution in [3.05, 3.63) is 18.5 Å². The van der Waals surface area contributed by atoms with Crippen LogP contribution in [0, 0.1) is 5.92 Å². The van der Waals surface area contributed by atoms with Gasteiger partial charge in [-0.05, 0) is 38.3 Å². The van der Waals surface area contributed by atoms with E-state index in [1.54, 1.807) is 18.5 Å². The van der Waals surface area contributed by atoms with Crippen LogP contribution in [-0.4, -0.2) is 100 Å². The van der Waals surface area contributed by atoms with Crippen LogP contribution in [0.1, 0.15) is 19.3 Å². The van der Waals surface area contributed by atoms with Gasteiger partial charge in [-0.15, -0.1) is 0 Å². The maximum atomic E-state index is 12.7. The molecule has 2 aliphatic heterocycles. The van der Waals surface area contributed by atoms with Crippen LogP contribution in [0.4, 0.5) is 0 Å². The summed E-state index contributed by atoms with van der Waals surface area (Å²) in [7, 11) is 2.18. The van der Waals surface area contributed by atoms with E-state index >= 15 is 0 Å². The van der Waals surface area contributed by atoms with Crippen LogP contribution < -0.4 is 0 Å². The Morgan fingerprint density at radius 3 is 2.67 bits per heavy atom. The molecule has 0 aliphatic carbocycles. The van der Waals surface area contributed by atoms with E-state index in [4.69, 9.17) is 0 Å². The zero-order chi connectivity index (χ0) is 19.1. The van der Waals surface area contributed by atoms with Crippen molar-refractivity contribution in [1.82, 2.24) is 24.7 Å². The average molecular weight is 394 g/mol. The molecule has 1 aromatic heterocycles. The average Bonchev–Trinajstić information content (AvgIpc) is 2.71. The number of aliphatic hydroxyl groups excluding tert-OH is 1. The molecule has 1 aromatic rings. The van der Waals surface area contributed by atoms with Gasteiger partial charge in [0, 0.05) is 64.3 Å². The third kappa shape index (κ3) is 5.88. The highest BCUT2D eigenvalue weighted by Crippen LogP contribution is 2.27. The number of aliphatic hydroxyl groups is 1. The van der Waals surface area contributed by atoms with E-state index < -0.39 is 0 Å². The molecular weight excluding hydrogens is 362 g/mol. The Morgan fingerprint density at radius 2 is 1.96 bits per heavy atom. The number of carbonyl (C=O) groups is 1. The predicted molar refractivity (Wildman–Crippen MR) is 107 cm³/mol. The summed E-state index contributed by atoms with van der Waals surface area (Å²) in [5.74, 6) is 0.991. The summed E-state index contributed by atoms with van der Waals surface area (Å²) in [4.78, 5) is 28.0. The van der Waals surface area contributed by atoms with E-state index in [2.05, 4.69) is 26.8 Å². The van der Waals surface area contributed by atoms with Gasteiger partial charge in [0.25, 0.3) is 0 Å². The van der Waals surface area contributed by atoms with Crippen molar-refractivity contribution in [3.63, 3.8) is 0 Å². The Hall–Kier alpha value is -1.22. The second-order valence-electron chi connectivity index (χ2n) is 7.48. The van der Waals surface area contributed by atoms with Gasteiger partial charge in [-0.2, -0.15) is 0 Å². The fourth-order valence-electron chi connectivity index (χ4n) is 4.10. The zero-order valence-corrected chi connectivity index (χ0v) is 17.0. The van der Waals surface area contributed by atoms with Crippen molar-refractivity contribution in [2.75, 3.05) is 58.7 Å². The van der Waals surface area contributed by atoms with Crippen molar-refractivity contribution >= 4 is 17.7 Å². The van der Waals surface area contributed by atoms with Gasteiger partial charge in [-0.1, -0.05) is 11.8 Å². The molecule has 2 atom stereocenters. The summed E-state index contributed by atoms with van der Waals surface area (Å²) < 4.78 is 0. The first-order valence-corrected chi connectivity index (χ1v) is 10.9. The number of carbonyl (C=O) groups excluding carboxylic acids is 1. The van der Waals surface area contributed by atoms with E-state index in [1.807, 2.05) is 4.90 Å². The molecule has 2 fully saturated rings.